The fourth-order valence-corrected chi connectivity index (χ4v) is 2.20. The summed E-state index contributed by atoms with van der Waals surface area (Å²) in [5, 5.41) is 20.1. The standard InChI is InChI=1S/C14H22N2O3/c1-14(2,3)13(10-17)15(4)9-11-5-7-12(8-6-11)16(18)19/h5-8,13,17H,9-10H2,1-4H3. The molecular formula is C14H22N2O3. The SMILES string of the molecule is CN(Cc1ccc([N+](=O)[O-])cc1)C(CO)C(C)(C)C. The van der Waals surface area contributed by atoms with Crippen molar-refractivity contribution in [1.82, 2.24) is 4.90 Å². The zero-order valence-electron chi connectivity index (χ0n) is 12.0. The van der Waals surface area contributed by atoms with E-state index in [-0.39, 0.29) is 23.8 Å². The van der Waals surface area contributed by atoms with Crippen LogP contribution >= 0.6 is 0 Å². The van der Waals surface area contributed by atoms with E-state index in [1.165, 1.54) is 12.1 Å². The number of hydrogen-bond acceptors (Lipinski definition) is 4. The van der Waals surface area contributed by atoms with Crippen molar-refractivity contribution >= 4 is 5.69 Å². The van der Waals surface area contributed by atoms with Crippen LogP contribution < -0.4 is 0 Å². The van der Waals surface area contributed by atoms with Gasteiger partial charge in [0.2, 0.25) is 0 Å². The van der Waals surface area contributed by atoms with Crippen LogP contribution in [0.1, 0.15) is 26.3 Å². The number of aliphatic hydroxyl groups excluding tert-OH is 1. The number of rotatable bonds is 5. The van der Waals surface area contributed by atoms with E-state index < -0.39 is 4.92 Å². The van der Waals surface area contributed by atoms with Gasteiger partial charge in [-0.15, -0.1) is 0 Å². The summed E-state index contributed by atoms with van der Waals surface area (Å²) in [5.74, 6) is 0. The molecule has 0 aliphatic rings. The molecule has 0 amide bonds. The fraction of sp³-hybridized carbons (Fsp3) is 0.571. The van der Waals surface area contributed by atoms with E-state index in [4.69, 9.17) is 0 Å². The van der Waals surface area contributed by atoms with E-state index in [1.807, 2.05) is 7.05 Å². The molecule has 106 valence electrons. The minimum absolute atomic E-state index is 0.0235. The van der Waals surface area contributed by atoms with Crippen molar-refractivity contribution < 1.29 is 10.0 Å². The zero-order valence-corrected chi connectivity index (χ0v) is 12.0. The van der Waals surface area contributed by atoms with Gasteiger partial charge in [-0.2, -0.15) is 0 Å². The van der Waals surface area contributed by atoms with Crippen molar-refractivity contribution in [1.29, 1.82) is 0 Å². The zero-order chi connectivity index (χ0) is 14.6. The quantitative estimate of drug-likeness (QED) is 0.656. The molecule has 1 atom stereocenters. The minimum Gasteiger partial charge on any atom is -0.395 e. The first kappa shape index (κ1) is 15.6. The van der Waals surface area contributed by atoms with Crippen molar-refractivity contribution in [2.75, 3.05) is 13.7 Å². The second-order valence-corrected chi connectivity index (χ2v) is 5.90. The summed E-state index contributed by atoms with van der Waals surface area (Å²) in [4.78, 5) is 12.2. The average Bonchev–Trinajstić information content (AvgIpc) is 2.28. The Morgan fingerprint density at radius 1 is 1.32 bits per heavy atom. The van der Waals surface area contributed by atoms with Gasteiger partial charge in [-0.05, 0) is 18.0 Å². The summed E-state index contributed by atoms with van der Waals surface area (Å²) in [5.41, 5.74) is 1.07. The van der Waals surface area contributed by atoms with E-state index in [9.17, 15) is 15.2 Å². The van der Waals surface area contributed by atoms with Crippen LogP contribution in [0.5, 0.6) is 0 Å². The fourth-order valence-electron chi connectivity index (χ4n) is 2.20. The Hall–Kier alpha value is -1.46. The molecule has 0 spiro atoms. The number of aliphatic hydroxyl groups is 1. The Bertz CT molecular complexity index is 423. The molecule has 0 heterocycles. The van der Waals surface area contributed by atoms with E-state index in [2.05, 4.69) is 25.7 Å². The largest absolute Gasteiger partial charge is 0.395 e. The Kier molecular flexibility index (Phi) is 5.03. The second-order valence-electron chi connectivity index (χ2n) is 5.90. The third-order valence-corrected chi connectivity index (χ3v) is 3.28. The van der Waals surface area contributed by atoms with Gasteiger partial charge in [0.15, 0.2) is 0 Å². The number of nitro groups is 1. The molecule has 1 aromatic carbocycles. The molecule has 1 rings (SSSR count). The molecule has 1 aromatic rings. The summed E-state index contributed by atoms with van der Waals surface area (Å²) >= 11 is 0. The molecule has 1 N–H and O–H groups in total. The maximum atomic E-state index is 10.6. The highest BCUT2D eigenvalue weighted by molar-refractivity contribution is 5.32. The number of nitro benzene ring substituents is 1. The molecular weight excluding hydrogens is 244 g/mol. The maximum absolute atomic E-state index is 10.6. The highest BCUT2D eigenvalue weighted by Crippen LogP contribution is 2.24. The van der Waals surface area contributed by atoms with Gasteiger partial charge >= 0.3 is 0 Å². The van der Waals surface area contributed by atoms with Crippen molar-refractivity contribution in [3.05, 3.63) is 39.9 Å². The third-order valence-electron chi connectivity index (χ3n) is 3.28. The lowest BCUT2D eigenvalue weighted by atomic mass is 9.86. The van der Waals surface area contributed by atoms with Gasteiger partial charge in [-0.25, -0.2) is 0 Å². The first-order valence-electron chi connectivity index (χ1n) is 6.30. The van der Waals surface area contributed by atoms with E-state index in [0.29, 0.717) is 6.54 Å². The van der Waals surface area contributed by atoms with Crippen LogP contribution in [0.15, 0.2) is 24.3 Å². The van der Waals surface area contributed by atoms with Gasteiger partial charge in [0.25, 0.3) is 5.69 Å². The van der Waals surface area contributed by atoms with Crippen LogP contribution in [0.2, 0.25) is 0 Å². The van der Waals surface area contributed by atoms with Gasteiger partial charge in [0.05, 0.1) is 11.5 Å². The lowest BCUT2D eigenvalue weighted by Crippen LogP contribution is -2.43. The molecule has 0 saturated carbocycles. The Morgan fingerprint density at radius 2 is 1.84 bits per heavy atom. The smallest absolute Gasteiger partial charge is 0.269 e. The first-order valence-corrected chi connectivity index (χ1v) is 6.30. The van der Waals surface area contributed by atoms with Crippen LogP contribution in [-0.2, 0) is 6.54 Å². The van der Waals surface area contributed by atoms with Crippen molar-refractivity contribution in [2.24, 2.45) is 5.41 Å². The molecule has 19 heavy (non-hydrogen) atoms. The van der Waals surface area contributed by atoms with Gasteiger partial charge in [0.1, 0.15) is 0 Å². The second kappa shape index (κ2) is 6.12. The molecule has 0 radical (unpaired) electrons. The number of non-ortho nitro benzene ring substituents is 1. The van der Waals surface area contributed by atoms with Gasteiger partial charge in [0, 0.05) is 24.7 Å². The summed E-state index contributed by atoms with van der Waals surface area (Å²) < 4.78 is 0. The molecule has 5 nitrogen and oxygen atoms in total. The molecule has 0 bridgehead atoms. The molecule has 0 fully saturated rings. The van der Waals surface area contributed by atoms with Crippen molar-refractivity contribution in [3.8, 4) is 0 Å². The van der Waals surface area contributed by atoms with Gasteiger partial charge < -0.3 is 5.11 Å². The average molecular weight is 266 g/mol. The third kappa shape index (κ3) is 4.29. The monoisotopic (exact) mass is 266 g/mol. The van der Waals surface area contributed by atoms with Crippen LogP contribution in [0, 0.1) is 15.5 Å². The topological polar surface area (TPSA) is 66.6 Å². The highest BCUT2D eigenvalue weighted by atomic mass is 16.6. The molecule has 1 unspecified atom stereocenters. The molecule has 0 aromatic heterocycles. The number of likely N-dealkylation sites (N-methyl/N-ethyl adjacent to an activating group) is 1. The maximum Gasteiger partial charge on any atom is 0.269 e. The Morgan fingerprint density at radius 3 is 2.21 bits per heavy atom. The van der Waals surface area contributed by atoms with Gasteiger partial charge in [-0.3, -0.25) is 15.0 Å². The lowest BCUT2D eigenvalue weighted by molar-refractivity contribution is -0.384. The summed E-state index contributed by atoms with van der Waals surface area (Å²) in [6, 6.07) is 6.57. The lowest BCUT2D eigenvalue weighted by Gasteiger charge is -2.36. The molecule has 5 heteroatoms. The van der Waals surface area contributed by atoms with Crippen molar-refractivity contribution in [2.45, 2.75) is 33.4 Å². The van der Waals surface area contributed by atoms with Crippen LogP contribution in [0.25, 0.3) is 0 Å². The van der Waals surface area contributed by atoms with E-state index in [1.54, 1.807) is 12.1 Å². The molecule has 0 aliphatic carbocycles. The number of nitrogens with zero attached hydrogens (tertiary/aromatic N) is 2. The predicted octanol–water partition coefficient (Wildman–Crippen LogP) is 2.43. The summed E-state index contributed by atoms with van der Waals surface area (Å²) in [6.07, 6.45) is 0. The van der Waals surface area contributed by atoms with Crippen LogP contribution in [0.3, 0.4) is 0 Å². The van der Waals surface area contributed by atoms with E-state index in [0.717, 1.165) is 5.56 Å². The number of hydrogen-bond donors (Lipinski definition) is 1. The number of benzene rings is 1. The normalized spacial score (nSPS) is 13.6. The minimum atomic E-state index is -0.404. The Labute approximate surface area is 114 Å². The van der Waals surface area contributed by atoms with E-state index >= 15 is 0 Å². The highest BCUT2D eigenvalue weighted by Gasteiger charge is 2.27. The summed E-state index contributed by atoms with van der Waals surface area (Å²) in [7, 11) is 1.95. The predicted molar refractivity (Wildman–Crippen MR) is 74.9 cm³/mol. The van der Waals surface area contributed by atoms with Crippen LogP contribution in [0.4, 0.5) is 5.69 Å². The molecule has 0 saturated heterocycles. The Balaban J connectivity index is 2.76. The first-order chi connectivity index (χ1) is 8.75. The molecule has 0 aliphatic heterocycles. The van der Waals surface area contributed by atoms with Crippen molar-refractivity contribution in [3.63, 3.8) is 0 Å². The summed E-state index contributed by atoms with van der Waals surface area (Å²) in [6.45, 7) is 6.99. The van der Waals surface area contributed by atoms with Crippen LogP contribution in [-0.4, -0.2) is 34.6 Å². The van der Waals surface area contributed by atoms with Gasteiger partial charge in [-0.1, -0.05) is 32.9 Å².